The average molecular weight is 331 g/mol. The number of fused-ring (bicyclic) bond motifs is 2. The lowest BCUT2D eigenvalue weighted by atomic mass is 9.92. The largest absolute Gasteiger partial charge is 0.364 e. The van der Waals surface area contributed by atoms with Crippen LogP contribution >= 0.6 is 0 Å². The lowest BCUT2D eigenvalue weighted by Gasteiger charge is -2.25. The van der Waals surface area contributed by atoms with E-state index in [0.29, 0.717) is 25.5 Å². The van der Waals surface area contributed by atoms with E-state index < -0.39 is 10.0 Å². The predicted octanol–water partition coefficient (Wildman–Crippen LogP) is 1.36. The number of ether oxygens (including phenoxy) is 1. The second-order valence-electron chi connectivity index (χ2n) is 5.98. The summed E-state index contributed by atoms with van der Waals surface area (Å²) in [6.45, 7) is 1.84. The molecule has 0 bridgehead atoms. The van der Waals surface area contributed by atoms with E-state index in [1.54, 1.807) is 12.3 Å². The van der Waals surface area contributed by atoms with Gasteiger partial charge in [0, 0.05) is 12.7 Å². The molecule has 0 radical (unpaired) electrons. The van der Waals surface area contributed by atoms with Crippen molar-refractivity contribution >= 4 is 15.8 Å². The van der Waals surface area contributed by atoms with Crippen LogP contribution in [-0.4, -0.2) is 26.5 Å². The molecular weight excluding hydrogens is 314 g/mol. The van der Waals surface area contributed by atoms with Gasteiger partial charge < -0.3 is 9.64 Å². The molecule has 120 valence electrons. The van der Waals surface area contributed by atoms with Crippen molar-refractivity contribution in [2.45, 2.75) is 23.5 Å². The lowest BCUT2D eigenvalue weighted by Crippen LogP contribution is -2.32. The van der Waals surface area contributed by atoms with E-state index in [4.69, 9.17) is 9.88 Å². The SMILES string of the molecule is NS(=O)(=O)c1cccnc1N1CCC2(C1)OCc1ccccc12. The first kappa shape index (κ1) is 14.6. The summed E-state index contributed by atoms with van der Waals surface area (Å²) in [7, 11) is -3.81. The number of pyridine rings is 1. The molecule has 2 aliphatic heterocycles. The number of anilines is 1. The van der Waals surface area contributed by atoms with Gasteiger partial charge in [0.15, 0.2) is 0 Å². The molecule has 1 spiro atoms. The van der Waals surface area contributed by atoms with Gasteiger partial charge in [-0.3, -0.25) is 0 Å². The Balaban J connectivity index is 1.71. The molecule has 0 saturated carbocycles. The third-order valence-corrected chi connectivity index (χ3v) is 5.53. The molecule has 1 unspecified atom stereocenters. The zero-order valence-corrected chi connectivity index (χ0v) is 13.3. The van der Waals surface area contributed by atoms with E-state index in [2.05, 4.69) is 17.1 Å². The highest BCUT2D eigenvalue weighted by Gasteiger charge is 2.46. The fraction of sp³-hybridized carbons (Fsp3) is 0.312. The second-order valence-corrected chi connectivity index (χ2v) is 7.51. The quantitative estimate of drug-likeness (QED) is 0.898. The molecule has 2 aromatic rings. The monoisotopic (exact) mass is 331 g/mol. The Labute approximate surface area is 134 Å². The number of hydrogen-bond acceptors (Lipinski definition) is 5. The summed E-state index contributed by atoms with van der Waals surface area (Å²) in [6.07, 6.45) is 2.38. The minimum absolute atomic E-state index is 0.0586. The minimum Gasteiger partial charge on any atom is -0.364 e. The van der Waals surface area contributed by atoms with Crippen LogP contribution in [0.25, 0.3) is 0 Å². The highest BCUT2D eigenvalue weighted by atomic mass is 32.2. The number of sulfonamides is 1. The molecule has 1 aromatic heterocycles. The van der Waals surface area contributed by atoms with Crippen molar-refractivity contribution in [1.82, 2.24) is 4.98 Å². The topological polar surface area (TPSA) is 85.5 Å². The van der Waals surface area contributed by atoms with Gasteiger partial charge in [0.05, 0.1) is 13.2 Å². The molecule has 2 N–H and O–H groups in total. The number of benzene rings is 1. The molecule has 2 aliphatic rings. The summed E-state index contributed by atoms with van der Waals surface area (Å²) >= 11 is 0. The van der Waals surface area contributed by atoms with Crippen LogP contribution in [0.1, 0.15) is 17.5 Å². The zero-order chi connectivity index (χ0) is 16.1. The van der Waals surface area contributed by atoms with Crippen LogP contribution < -0.4 is 10.0 Å². The number of nitrogens with two attached hydrogens (primary N) is 1. The van der Waals surface area contributed by atoms with Crippen LogP contribution in [-0.2, 0) is 27.0 Å². The first-order valence-electron chi connectivity index (χ1n) is 7.45. The molecule has 3 heterocycles. The van der Waals surface area contributed by atoms with Crippen molar-refractivity contribution < 1.29 is 13.2 Å². The minimum atomic E-state index is -3.81. The van der Waals surface area contributed by atoms with Gasteiger partial charge in [0.2, 0.25) is 10.0 Å². The number of hydrogen-bond donors (Lipinski definition) is 1. The lowest BCUT2D eigenvalue weighted by molar-refractivity contribution is -0.0205. The number of rotatable bonds is 2. The molecule has 0 aliphatic carbocycles. The Bertz CT molecular complexity index is 868. The van der Waals surface area contributed by atoms with Crippen LogP contribution in [0.4, 0.5) is 5.82 Å². The van der Waals surface area contributed by atoms with Crippen molar-refractivity contribution in [3.8, 4) is 0 Å². The van der Waals surface area contributed by atoms with Crippen molar-refractivity contribution in [2.24, 2.45) is 5.14 Å². The predicted molar refractivity (Wildman–Crippen MR) is 85.3 cm³/mol. The Morgan fingerprint density at radius 2 is 2.04 bits per heavy atom. The Morgan fingerprint density at radius 1 is 1.22 bits per heavy atom. The van der Waals surface area contributed by atoms with Crippen LogP contribution in [0.3, 0.4) is 0 Å². The van der Waals surface area contributed by atoms with Crippen LogP contribution in [0, 0.1) is 0 Å². The Kier molecular flexibility index (Phi) is 3.19. The van der Waals surface area contributed by atoms with Crippen molar-refractivity contribution in [3.63, 3.8) is 0 Å². The summed E-state index contributed by atoms with van der Waals surface area (Å²) in [5.41, 5.74) is 2.00. The second kappa shape index (κ2) is 5.02. The van der Waals surface area contributed by atoms with Gasteiger partial charge in [-0.1, -0.05) is 24.3 Å². The maximum Gasteiger partial charge on any atom is 0.241 e. The number of nitrogens with zero attached hydrogens (tertiary/aromatic N) is 2. The van der Waals surface area contributed by atoms with E-state index in [0.717, 1.165) is 6.42 Å². The van der Waals surface area contributed by atoms with Gasteiger partial charge in [-0.25, -0.2) is 18.5 Å². The molecule has 23 heavy (non-hydrogen) atoms. The standard InChI is InChI=1S/C16H17N3O3S/c17-23(20,21)14-6-3-8-18-15(14)19-9-7-16(11-19)13-5-2-1-4-12(13)10-22-16/h1-6,8H,7,9-11H2,(H2,17,20,21). The van der Waals surface area contributed by atoms with Gasteiger partial charge in [0.1, 0.15) is 16.3 Å². The van der Waals surface area contributed by atoms with Gasteiger partial charge in [-0.2, -0.15) is 0 Å². The highest BCUT2D eigenvalue weighted by Crippen LogP contribution is 2.44. The fourth-order valence-electron chi connectivity index (χ4n) is 3.53. The summed E-state index contributed by atoms with van der Waals surface area (Å²) in [5, 5.41) is 5.32. The summed E-state index contributed by atoms with van der Waals surface area (Å²) in [4.78, 5) is 6.25. The Hall–Kier alpha value is -1.96. The summed E-state index contributed by atoms with van der Waals surface area (Å²) in [6, 6.07) is 11.2. The van der Waals surface area contributed by atoms with Crippen LogP contribution in [0.5, 0.6) is 0 Å². The molecule has 1 saturated heterocycles. The molecule has 6 nitrogen and oxygen atoms in total. The van der Waals surface area contributed by atoms with Crippen molar-refractivity contribution in [3.05, 3.63) is 53.7 Å². The Morgan fingerprint density at radius 3 is 2.87 bits per heavy atom. The van der Waals surface area contributed by atoms with Crippen LogP contribution in [0.2, 0.25) is 0 Å². The highest BCUT2D eigenvalue weighted by molar-refractivity contribution is 7.89. The zero-order valence-electron chi connectivity index (χ0n) is 12.5. The maximum absolute atomic E-state index is 11.8. The van der Waals surface area contributed by atoms with E-state index in [1.165, 1.54) is 17.2 Å². The van der Waals surface area contributed by atoms with Crippen molar-refractivity contribution in [2.75, 3.05) is 18.0 Å². The molecule has 7 heteroatoms. The molecule has 0 amide bonds. The first-order chi connectivity index (χ1) is 11.0. The van der Waals surface area contributed by atoms with Gasteiger partial charge in [-0.15, -0.1) is 0 Å². The molecule has 1 aromatic carbocycles. The van der Waals surface area contributed by atoms with Gasteiger partial charge >= 0.3 is 0 Å². The molecule has 1 atom stereocenters. The fourth-order valence-corrected chi connectivity index (χ4v) is 4.23. The maximum atomic E-state index is 11.8. The molecule has 1 fully saturated rings. The van der Waals surface area contributed by atoms with Gasteiger partial charge in [-0.05, 0) is 29.7 Å². The normalized spacial score (nSPS) is 23.4. The molecule has 4 rings (SSSR count). The van der Waals surface area contributed by atoms with Crippen LogP contribution in [0.15, 0.2) is 47.5 Å². The number of primary sulfonamides is 1. The van der Waals surface area contributed by atoms with E-state index in [9.17, 15) is 8.42 Å². The third kappa shape index (κ3) is 2.32. The first-order valence-corrected chi connectivity index (χ1v) is 8.99. The smallest absolute Gasteiger partial charge is 0.241 e. The number of aromatic nitrogens is 1. The summed E-state index contributed by atoms with van der Waals surface area (Å²) in [5.74, 6) is 0.403. The average Bonchev–Trinajstić information content (AvgIpc) is 3.13. The third-order valence-electron chi connectivity index (χ3n) is 4.60. The van der Waals surface area contributed by atoms with E-state index in [1.807, 2.05) is 17.0 Å². The summed E-state index contributed by atoms with van der Waals surface area (Å²) < 4.78 is 29.7. The van der Waals surface area contributed by atoms with Crippen molar-refractivity contribution in [1.29, 1.82) is 0 Å². The van der Waals surface area contributed by atoms with E-state index >= 15 is 0 Å². The molecular formula is C16H17N3O3S. The van der Waals surface area contributed by atoms with Gasteiger partial charge in [0.25, 0.3) is 0 Å². The van der Waals surface area contributed by atoms with E-state index in [-0.39, 0.29) is 10.5 Å².